The Labute approximate surface area is 281 Å². The SMILES string of the molecule is CC1(C)OC/C=C\[C@H](OC(=O)NC2CC2)[C@@H]2CC[C@H]2CN2C[C@@]3(CCCc4cc(Cl)ccc43)COc3ccc(cc32)S(=O)(=O)NC1=O. The third kappa shape index (κ3) is 6.58. The van der Waals surface area contributed by atoms with Crippen molar-refractivity contribution in [3.05, 3.63) is 64.7 Å². The smallest absolute Gasteiger partial charge is 0.407 e. The standard InChI is InChI=1S/C35H42ClN3O7S/c1-34(2)32(40)38-47(42,43)26-11-14-31-29(18-26)39(20-35(21-44-31)15-3-5-22-17-24(36)8-13-28(22)35)19-23-7-12-27(23)30(6-4-16-45-34)46-33(41)37-25-9-10-25/h4,6,8,11,13-14,17-18,23,25,27,30H,3,5,7,9-10,12,15-16,19-21H2,1-2H3,(H,37,41)(H,38,40)/b6-4-/t23-,27+,30-,35-/m0/s1. The second-order valence-electron chi connectivity index (χ2n) is 14.2. The van der Waals surface area contributed by atoms with Crippen molar-refractivity contribution in [2.75, 3.05) is 31.2 Å². The summed E-state index contributed by atoms with van der Waals surface area (Å²) in [7, 11) is -4.23. The molecule has 2 heterocycles. The van der Waals surface area contributed by atoms with Gasteiger partial charge >= 0.3 is 6.09 Å². The number of halogens is 1. The van der Waals surface area contributed by atoms with E-state index in [4.69, 9.17) is 25.8 Å². The number of hydrogen-bond donors (Lipinski definition) is 2. The fraction of sp³-hybridized carbons (Fsp3) is 0.543. The van der Waals surface area contributed by atoms with Crippen LogP contribution in [0.4, 0.5) is 10.5 Å². The molecule has 0 unspecified atom stereocenters. The summed E-state index contributed by atoms with van der Waals surface area (Å²) in [5, 5.41) is 3.64. The van der Waals surface area contributed by atoms with Gasteiger partial charge < -0.3 is 24.4 Å². The van der Waals surface area contributed by atoms with E-state index < -0.39 is 33.7 Å². The third-order valence-corrected chi connectivity index (χ3v) is 12.0. The Bertz CT molecular complexity index is 1710. The summed E-state index contributed by atoms with van der Waals surface area (Å²) < 4.78 is 47.8. The molecule has 2 N–H and O–H groups in total. The minimum Gasteiger partial charge on any atom is -0.490 e. The van der Waals surface area contributed by atoms with Crippen molar-refractivity contribution < 1.29 is 32.2 Å². The molecule has 10 nitrogen and oxygen atoms in total. The Morgan fingerprint density at radius 3 is 2.72 bits per heavy atom. The molecule has 2 amide bonds. The lowest BCUT2D eigenvalue weighted by atomic mass is 9.68. The Morgan fingerprint density at radius 1 is 1.13 bits per heavy atom. The maximum Gasteiger partial charge on any atom is 0.407 e. The number of alkyl carbamates (subject to hydrolysis) is 1. The van der Waals surface area contributed by atoms with Crippen LogP contribution in [0.15, 0.2) is 53.4 Å². The molecule has 47 heavy (non-hydrogen) atoms. The lowest BCUT2D eigenvalue weighted by molar-refractivity contribution is -0.139. The molecule has 0 saturated heterocycles. The van der Waals surface area contributed by atoms with Crippen LogP contribution in [0.2, 0.25) is 5.02 Å². The zero-order valence-electron chi connectivity index (χ0n) is 26.8. The van der Waals surface area contributed by atoms with E-state index in [1.807, 2.05) is 18.2 Å². The number of nitrogens with one attached hydrogen (secondary N) is 2. The van der Waals surface area contributed by atoms with Crippen LogP contribution in [0.1, 0.15) is 63.5 Å². The van der Waals surface area contributed by atoms with Crippen molar-refractivity contribution >= 4 is 39.3 Å². The number of ether oxygens (including phenoxy) is 3. The Hall–Kier alpha value is -3.28. The molecule has 2 saturated carbocycles. The number of hydrogen-bond acceptors (Lipinski definition) is 8. The number of fused-ring (bicyclic) bond motifs is 4. The number of anilines is 1. The average Bonchev–Trinajstić information content (AvgIpc) is 3.84. The highest BCUT2D eigenvalue weighted by atomic mass is 35.5. The molecule has 1 spiro atoms. The van der Waals surface area contributed by atoms with Gasteiger partial charge in [0.1, 0.15) is 17.5 Å². The van der Waals surface area contributed by atoms with E-state index >= 15 is 0 Å². The first kappa shape index (κ1) is 32.3. The molecule has 252 valence electrons. The molecule has 2 aromatic carbocycles. The molecule has 2 aliphatic heterocycles. The number of nitrogens with zero attached hydrogens (tertiary/aromatic N) is 1. The van der Waals surface area contributed by atoms with Gasteiger partial charge in [-0.15, -0.1) is 0 Å². The Balaban J connectivity index is 1.28. The summed E-state index contributed by atoms with van der Waals surface area (Å²) in [5.41, 5.74) is 1.29. The van der Waals surface area contributed by atoms with Gasteiger partial charge in [0.15, 0.2) is 0 Å². The van der Waals surface area contributed by atoms with Crippen molar-refractivity contribution in [3.8, 4) is 5.75 Å². The quantitative estimate of drug-likeness (QED) is 0.411. The highest BCUT2D eigenvalue weighted by molar-refractivity contribution is 7.90. The zero-order chi connectivity index (χ0) is 33.0. The Kier molecular flexibility index (Phi) is 8.45. The van der Waals surface area contributed by atoms with Crippen molar-refractivity contribution in [2.24, 2.45) is 11.8 Å². The molecule has 4 atom stereocenters. The van der Waals surface area contributed by atoms with Crippen LogP contribution in [0.5, 0.6) is 5.75 Å². The van der Waals surface area contributed by atoms with Crippen molar-refractivity contribution in [3.63, 3.8) is 0 Å². The molecule has 3 aliphatic carbocycles. The second-order valence-corrected chi connectivity index (χ2v) is 16.3. The van der Waals surface area contributed by atoms with Crippen LogP contribution in [0.3, 0.4) is 0 Å². The molecular weight excluding hydrogens is 642 g/mol. The van der Waals surface area contributed by atoms with Crippen LogP contribution in [-0.4, -0.2) is 64.5 Å². The van der Waals surface area contributed by atoms with Crippen LogP contribution >= 0.6 is 11.6 Å². The van der Waals surface area contributed by atoms with Gasteiger partial charge in [-0.2, -0.15) is 0 Å². The van der Waals surface area contributed by atoms with E-state index in [-0.39, 0.29) is 34.8 Å². The molecule has 2 aromatic rings. The van der Waals surface area contributed by atoms with Gasteiger partial charge in [0, 0.05) is 35.5 Å². The summed E-state index contributed by atoms with van der Waals surface area (Å²) in [6.07, 6.45) is 9.24. The van der Waals surface area contributed by atoms with Gasteiger partial charge in [0.25, 0.3) is 15.9 Å². The van der Waals surface area contributed by atoms with Gasteiger partial charge in [0.05, 0.1) is 23.8 Å². The predicted octanol–water partition coefficient (Wildman–Crippen LogP) is 5.27. The first-order chi connectivity index (χ1) is 22.4. The zero-order valence-corrected chi connectivity index (χ0v) is 28.4. The van der Waals surface area contributed by atoms with Crippen molar-refractivity contribution in [2.45, 2.75) is 86.9 Å². The van der Waals surface area contributed by atoms with Crippen LogP contribution in [0.25, 0.3) is 0 Å². The maximum absolute atomic E-state index is 13.6. The minimum absolute atomic E-state index is 0.0316. The number of aryl methyl sites for hydroxylation is 1. The maximum atomic E-state index is 13.6. The van der Waals surface area contributed by atoms with Crippen LogP contribution in [-0.2, 0) is 36.1 Å². The number of carbonyl (C=O) groups excluding carboxylic acids is 2. The summed E-state index contributed by atoms with van der Waals surface area (Å²) in [6.45, 7) is 4.74. The normalized spacial score (nSPS) is 30.3. The molecule has 0 aromatic heterocycles. The molecule has 2 fully saturated rings. The predicted molar refractivity (Wildman–Crippen MR) is 177 cm³/mol. The largest absolute Gasteiger partial charge is 0.490 e. The molecule has 2 bridgehead atoms. The number of carbonyl (C=O) groups is 2. The highest BCUT2D eigenvalue weighted by Crippen LogP contribution is 2.47. The van der Waals surface area contributed by atoms with Crippen LogP contribution in [0, 0.1) is 11.8 Å². The summed E-state index contributed by atoms with van der Waals surface area (Å²) in [4.78, 5) is 28.3. The van der Waals surface area contributed by atoms with Gasteiger partial charge in [-0.1, -0.05) is 23.7 Å². The number of amides is 2. The van der Waals surface area contributed by atoms with E-state index in [0.29, 0.717) is 36.2 Å². The first-order valence-corrected chi connectivity index (χ1v) is 18.4. The molecule has 0 radical (unpaired) electrons. The van der Waals surface area contributed by atoms with E-state index in [0.717, 1.165) is 44.9 Å². The fourth-order valence-corrected chi connectivity index (χ4v) is 8.75. The van der Waals surface area contributed by atoms with Gasteiger partial charge in [-0.05, 0) is 112 Å². The fourth-order valence-electron chi connectivity index (χ4n) is 7.43. The lowest BCUT2D eigenvalue weighted by Crippen LogP contribution is -2.50. The van der Waals surface area contributed by atoms with Crippen molar-refractivity contribution in [1.82, 2.24) is 10.0 Å². The number of sulfonamides is 1. The molecular formula is C35H42ClN3O7S. The monoisotopic (exact) mass is 683 g/mol. The van der Waals surface area contributed by atoms with Gasteiger partial charge in [-0.3, -0.25) is 4.79 Å². The lowest BCUT2D eigenvalue weighted by Gasteiger charge is -2.46. The highest BCUT2D eigenvalue weighted by Gasteiger charge is 2.45. The Morgan fingerprint density at radius 2 is 1.96 bits per heavy atom. The molecule has 12 heteroatoms. The number of rotatable bonds is 2. The summed E-state index contributed by atoms with van der Waals surface area (Å²) >= 11 is 6.42. The molecule has 7 rings (SSSR count). The topological polar surface area (TPSA) is 123 Å². The summed E-state index contributed by atoms with van der Waals surface area (Å²) in [5.74, 6) is 0.0202. The minimum atomic E-state index is -4.23. The van der Waals surface area contributed by atoms with E-state index in [9.17, 15) is 18.0 Å². The van der Waals surface area contributed by atoms with Crippen molar-refractivity contribution in [1.29, 1.82) is 0 Å². The van der Waals surface area contributed by atoms with E-state index in [1.165, 1.54) is 31.0 Å². The first-order valence-electron chi connectivity index (χ1n) is 16.6. The summed E-state index contributed by atoms with van der Waals surface area (Å²) in [6, 6.07) is 11.0. The van der Waals surface area contributed by atoms with Gasteiger partial charge in [0.2, 0.25) is 0 Å². The second kappa shape index (κ2) is 12.3. The van der Waals surface area contributed by atoms with Crippen LogP contribution < -0.4 is 19.7 Å². The average molecular weight is 684 g/mol. The van der Waals surface area contributed by atoms with Gasteiger partial charge in [-0.25, -0.2) is 17.9 Å². The number of benzene rings is 2. The molecule has 5 aliphatic rings. The third-order valence-electron chi connectivity index (χ3n) is 10.5. The van der Waals surface area contributed by atoms with E-state index in [1.54, 1.807) is 18.2 Å². The van der Waals surface area contributed by atoms with E-state index in [2.05, 4.69) is 21.0 Å².